The van der Waals surface area contributed by atoms with Gasteiger partial charge in [-0.25, -0.2) is 4.39 Å². The van der Waals surface area contributed by atoms with Crippen molar-refractivity contribution in [2.75, 3.05) is 6.54 Å². The van der Waals surface area contributed by atoms with Crippen molar-refractivity contribution >= 4 is 5.91 Å². The normalized spacial score (nSPS) is 20.6. The van der Waals surface area contributed by atoms with Crippen LogP contribution >= 0.6 is 0 Å². The Hall–Kier alpha value is -1.38. The summed E-state index contributed by atoms with van der Waals surface area (Å²) in [5.41, 5.74) is 2.00. The maximum atomic E-state index is 13.1. The van der Waals surface area contributed by atoms with Gasteiger partial charge in [0.05, 0.1) is 0 Å². The summed E-state index contributed by atoms with van der Waals surface area (Å²) in [4.78, 5) is 11.6. The predicted octanol–water partition coefficient (Wildman–Crippen LogP) is 2.20. The summed E-state index contributed by atoms with van der Waals surface area (Å²) < 4.78 is 13.1. The number of aryl methyl sites for hydroxylation is 1. The quantitative estimate of drug-likeness (QED) is 0.815. The van der Waals surface area contributed by atoms with Crippen LogP contribution in [0.4, 0.5) is 4.39 Å². The summed E-state index contributed by atoms with van der Waals surface area (Å²) in [5.74, 6) is -0.110. The van der Waals surface area contributed by atoms with Gasteiger partial charge >= 0.3 is 0 Å². The monoisotopic (exact) mass is 221 g/mol. The Morgan fingerprint density at radius 3 is 3.06 bits per heavy atom. The molecule has 1 amide bonds. The second-order valence-electron chi connectivity index (χ2n) is 4.41. The molecule has 1 fully saturated rings. The Kier molecular flexibility index (Phi) is 3.22. The molecule has 0 spiro atoms. The number of rotatable bonds is 2. The molecule has 1 aromatic rings. The molecule has 0 aromatic heterocycles. The van der Waals surface area contributed by atoms with Crippen molar-refractivity contribution in [3.8, 4) is 0 Å². The number of amides is 1. The number of hydrogen-bond donors (Lipinski definition) is 1. The third-order valence-corrected chi connectivity index (χ3v) is 3.18. The summed E-state index contributed by atoms with van der Waals surface area (Å²) in [5, 5.41) is 2.85. The number of carbonyl (C=O) groups is 1. The van der Waals surface area contributed by atoms with Gasteiger partial charge in [0.15, 0.2) is 0 Å². The van der Waals surface area contributed by atoms with Gasteiger partial charge < -0.3 is 5.32 Å². The highest BCUT2D eigenvalue weighted by atomic mass is 19.1. The van der Waals surface area contributed by atoms with Crippen LogP contribution in [0.3, 0.4) is 0 Å². The third kappa shape index (κ3) is 2.40. The largest absolute Gasteiger partial charge is 0.356 e. The van der Waals surface area contributed by atoms with E-state index in [1.165, 1.54) is 12.1 Å². The highest BCUT2D eigenvalue weighted by molar-refractivity contribution is 5.79. The van der Waals surface area contributed by atoms with Crippen molar-refractivity contribution in [2.45, 2.75) is 26.2 Å². The fraction of sp³-hybridized carbons (Fsp3) is 0.462. The zero-order valence-electron chi connectivity index (χ0n) is 9.42. The molecule has 1 atom stereocenters. The Balaban J connectivity index is 2.13. The lowest BCUT2D eigenvalue weighted by molar-refractivity contribution is -0.126. The molecule has 3 heteroatoms. The molecule has 86 valence electrons. The molecule has 1 aliphatic heterocycles. The number of hydrogen-bond acceptors (Lipinski definition) is 1. The third-order valence-electron chi connectivity index (χ3n) is 3.18. The van der Waals surface area contributed by atoms with Crippen LogP contribution in [-0.2, 0) is 11.2 Å². The van der Waals surface area contributed by atoms with Crippen molar-refractivity contribution < 1.29 is 9.18 Å². The standard InChI is InChI=1S/C13H16FNO/c1-9-4-5-12(14)8-11(9)7-10-3-2-6-15-13(10)16/h4-5,8,10H,2-3,6-7H2,1H3,(H,15,16). The Labute approximate surface area is 94.9 Å². The first-order valence-electron chi connectivity index (χ1n) is 5.69. The lowest BCUT2D eigenvalue weighted by Gasteiger charge is -2.22. The fourth-order valence-electron chi connectivity index (χ4n) is 2.16. The molecule has 2 rings (SSSR count). The molecule has 1 aliphatic rings. The molecule has 1 heterocycles. The zero-order chi connectivity index (χ0) is 11.5. The Morgan fingerprint density at radius 1 is 1.50 bits per heavy atom. The van der Waals surface area contributed by atoms with Gasteiger partial charge in [-0.1, -0.05) is 6.07 Å². The summed E-state index contributed by atoms with van der Waals surface area (Å²) in [7, 11) is 0. The van der Waals surface area contributed by atoms with E-state index in [1.54, 1.807) is 6.07 Å². The minimum absolute atomic E-state index is 0.00856. The van der Waals surface area contributed by atoms with Crippen LogP contribution in [0.1, 0.15) is 24.0 Å². The summed E-state index contributed by atoms with van der Waals surface area (Å²) in [6.45, 7) is 2.73. The number of halogens is 1. The first kappa shape index (κ1) is 11.1. The average molecular weight is 221 g/mol. The van der Waals surface area contributed by atoms with Gasteiger partial charge in [-0.2, -0.15) is 0 Å². The topological polar surface area (TPSA) is 29.1 Å². The van der Waals surface area contributed by atoms with Crippen LogP contribution < -0.4 is 5.32 Å². The minimum Gasteiger partial charge on any atom is -0.356 e. The van der Waals surface area contributed by atoms with E-state index in [9.17, 15) is 9.18 Å². The number of benzene rings is 1. The average Bonchev–Trinajstić information content (AvgIpc) is 2.27. The lowest BCUT2D eigenvalue weighted by Crippen LogP contribution is -2.37. The summed E-state index contributed by atoms with van der Waals surface area (Å²) >= 11 is 0. The molecule has 0 bridgehead atoms. The molecular formula is C13H16FNO. The van der Waals surface area contributed by atoms with Crippen molar-refractivity contribution in [1.82, 2.24) is 5.32 Å². The van der Waals surface area contributed by atoms with Crippen molar-refractivity contribution in [2.24, 2.45) is 5.92 Å². The SMILES string of the molecule is Cc1ccc(F)cc1CC1CCCNC1=O. The van der Waals surface area contributed by atoms with Gasteiger partial charge in [0.25, 0.3) is 0 Å². The maximum absolute atomic E-state index is 13.1. The predicted molar refractivity (Wildman–Crippen MR) is 60.6 cm³/mol. The van der Waals surface area contributed by atoms with Crippen LogP contribution in [-0.4, -0.2) is 12.5 Å². The van der Waals surface area contributed by atoms with Crippen LogP contribution in [0.25, 0.3) is 0 Å². The van der Waals surface area contributed by atoms with E-state index in [-0.39, 0.29) is 17.6 Å². The lowest BCUT2D eigenvalue weighted by atomic mass is 9.90. The van der Waals surface area contributed by atoms with Gasteiger partial charge in [-0.15, -0.1) is 0 Å². The van der Waals surface area contributed by atoms with Crippen molar-refractivity contribution in [3.63, 3.8) is 0 Å². The van der Waals surface area contributed by atoms with Crippen LogP contribution in [0.2, 0.25) is 0 Å². The van der Waals surface area contributed by atoms with Crippen LogP contribution in [0, 0.1) is 18.7 Å². The van der Waals surface area contributed by atoms with Gasteiger partial charge in [-0.3, -0.25) is 4.79 Å². The van der Waals surface area contributed by atoms with Crippen LogP contribution in [0.5, 0.6) is 0 Å². The van der Waals surface area contributed by atoms with Gasteiger partial charge in [0, 0.05) is 12.5 Å². The van der Waals surface area contributed by atoms with E-state index in [1.807, 2.05) is 6.92 Å². The molecule has 0 radical (unpaired) electrons. The van der Waals surface area contributed by atoms with Gasteiger partial charge in [-0.05, 0) is 49.4 Å². The van der Waals surface area contributed by atoms with E-state index in [4.69, 9.17) is 0 Å². The highest BCUT2D eigenvalue weighted by Crippen LogP contribution is 2.20. The maximum Gasteiger partial charge on any atom is 0.223 e. The second kappa shape index (κ2) is 4.64. The molecule has 1 saturated heterocycles. The van der Waals surface area contributed by atoms with Crippen molar-refractivity contribution in [3.05, 3.63) is 35.1 Å². The zero-order valence-corrected chi connectivity index (χ0v) is 9.42. The molecule has 1 aromatic carbocycles. The molecular weight excluding hydrogens is 205 g/mol. The Bertz CT molecular complexity index is 403. The highest BCUT2D eigenvalue weighted by Gasteiger charge is 2.22. The number of nitrogens with one attached hydrogen (secondary N) is 1. The smallest absolute Gasteiger partial charge is 0.223 e. The molecule has 1 unspecified atom stereocenters. The van der Waals surface area contributed by atoms with E-state index in [0.29, 0.717) is 6.42 Å². The Morgan fingerprint density at radius 2 is 2.31 bits per heavy atom. The van der Waals surface area contributed by atoms with E-state index >= 15 is 0 Å². The molecule has 1 N–H and O–H groups in total. The first-order valence-corrected chi connectivity index (χ1v) is 5.69. The summed E-state index contributed by atoms with van der Waals surface area (Å²) in [6.07, 6.45) is 2.57. The first-order chi connectivity index (χ1) is 7.66. The van der Waals surface area contributed by atoms with E-state index in [2.05, 4.69) is 5.32 Å². The van der Waals surface area contributed by atoms with Gasteiger partial charge in [0.2, 0.25) is 5.91 Å². The molecule has 0 saturated carbocycles. The minimum atomic E-state index is -0.225. The summed E-state index contributed by atoms with van der Waals surface area (Å²) in [6, 6.07) is 4.77. The van der Waals surface area contributed by atoms with Crippen molar-refractivity contribution in [1.29, 1.82) is 0 Å². The van der Waals surface area contributed by atoms with Gasteiger partial charge in [0.1, 0.15) is 5.82 Å². The van der Waals surface area contributed by atoms with Crippen LogP contribution in [0.15, 0.2) is 18.2 Å². The number of carbonyl (C=O) groups excluding carboxylic acids is 1. The fourth-order valence-corrected chi connectivity index (χ4v) is 2.16. The second-order valence-corrected chi connectivity index (χ2v) is 4.41. The molecule has 16 heavy (non-hydrogen) atoms. The van der Waals surface area contributed by atoms with E-state index in [0.717, 1.165) is 30.5 Å². The van der Waals surface area contributed by atoms with E-state index < -0.39 is 0 Å². The number of piperidine rings is 1. The molecule has 0 aliphatic carbocycles. The molecule has 2 nitrogen and oxygen atoms in total.